The lowest BCUT2D eigenvalue weighted by Crippen LogP contribution is -2.32. The maximum Gasteiger partial charge on any atom is 0.293 e. The average Bonchev–Trinajstić information content (AvgIpc) is 3.30. The molecule has 0 radical (unpaired) electrons. The Kier molecular flexibility index (Phi) is 6.65. The molecule has 164 valence electrons. The van der Waals surface area contributed by atoms with Gasteiger partial charge in [0.1, 0.15) is 23.9 Å². The van der Waals surface area contributed by atoms with E-state index in [0.717, 1.165) is 34.2 Å². The molecule has 0 spiro atoms. The van der Waals surface area contributed by atoms with Gasteiger partial charge in [0, 0.05) is 21.7 Å². The minimum atomic E-state index is -0.367. The molecule has 5 nitrogen and oxygen atoms in total. The summed E-state index contributed by atoms with van der Waals surface area (Å²) in [4.78, 5) is 26.6. The van der Waals surface area contributed by atoms with Crippen molar-refractivity contribution >= 4 is 52.2 Å². The van der Waals surface area contributed by atoms with Crippen molar-refractivity contribution in [2.24, 2.45) is 0 Å². The van der Waals surface area contributed by atoms with Gasteiger partial charge in [0.2, 0.25) is 0 Å². The largest absolute Gasteiger partial charge is 0.491 e. The van der Waals surface area contributed by atoms with Crippen molar-refractivity contribution in [2.45, 2.75) is 13.8 Å². The van der Waals surface area contributed by atoms with Gasteiger partial charge in [-0.15, -0.1) is 0 Å². The van der Waals surface area contributed by atoms with Gasteiger partial charge in [0.25, 0.3) is 11.1 Å². The lowest BCUT2D eigenvalue weighted by atomic mass is 10.1. The Morgan fingerprint density at radius 1 is 1.03 bits per heavy atom. The lowest BCUT2D eigenvalue weighted by Gasteiger charge is -2.14. The van der Waals surface area contributed by atoms with Crippen molar-refractivity contribution in [2.75, 3.05) is 13.2 Å². The first kappa shape index (κ1) is 22.5. The summed E-state index contributed by atoms with van der Waals surface area (Å²) in [5.41, 5.74) is 2.80. The van der Waals surface area contributed by atoms with Gasteiger partial charge in [-0.1, -0.05) is 35.3 Å². The second kappa shape index (κ2) is 9.45. The van der Waals surface area contributed by atoms with Crippen LogP contribution in [0.3, 0.4) is 0 Å². The second-order valence-corrected chi connectivity index (χ2v) is 9.18. The summed E-state index contributed by atoms with van der Waals surface area (Å²) in [6.45, 7) is 4.32. The number of rotatable bonds is 6. The maximum atomic E-state index is 12.7. The number of ether oxygens (including phenoxy) is 1. The van der Waals surface area contributed by atoms with Crippen LogP contribution >= 0.6 is 35.0 Å². The van der Waals surface area contributed by atoms with Crippen LogP contribution in [-0.2, 0) is 4.79 Å². The zero-order valence-corrected chi connectivity index (χ0v) is 19.7. The smallest absolute Gasteiger partial charge is 0.293 e. The van der Waals surface area contributed by atoms with E-state index < -0.39 is 0 Å². The summed E-state index contributed by atoms with van der Waals surface area (Å²) < 4.78 is 11.6. The van der Waals surface area contributed by atoms with Gasteiger partial charge in [-0.05, 0) is 73.1 Å². The summed E-state index contributed by atoms with van der Waals surface area (Å²) in [5, 5.41) is 0.656. The molecule has 1 aliphatic heterocycles. The van der Waals surface area contributed by atoms with E-state index in [1.807, 2.05) is 32.0 Å². The van der Waals surface area contributed by atoms with Crippen molar-refractivity contribution in [3.63, 3.8) is 0 Å². The molecule has 4 rings (SSSR count). The van der Waals surface area contributed by atoms with Crippen LogP contribution < -0.4 is 4.74 Å². The second-order valence-electron chi connectivity index (χ2n) is 7.31. The molecule has 8 heteroatoms. The number of furan rings is 1. The first-order valence-corrected chi connectivity index (χ1v) is 11.4. The molecule has 0 unspecified atom stereocenters. The highest BCUT2D eigenvalue weighted by Crippen LogP contribution is 2.34. The normalized spacial score (nSPS) is 15.1. The number of carbonyl (C=O) groups is 2. The number of hydrogen-bond donors (Lipinski definition) is 0. The van der Waals surface area contributed by atoms with Crippen LogP contribution in [0.15, 0.2) is 57.9 Å². The van der Waals surface area contributed by atoms with Crippen LogP contribution in [0.25, 0.3) is 17.4 Å². The fourth-order valence-corrected chi connectivity index (χ4v) is 4.58. The van der Waals surface area contributed by atoms with Crippen LogP contribution in [-0.4, -0.2) is 29.2 Å². The Hall–Kier alpha value is -2.67. The van der Waals surface area contributed by atoms with Crippen molar-refractivity contribution in [3.8, 4) is 17.1 Å². The van der Waals surface area contributed by atoms with E-state index >= 15 is 0 Å². The van der Waals surface area contributed by atoms with Crippen LogP contribution in [0.1, 0.15) is 16.9 Å². The zero-order chi connectivity index (χ0) is 22.8. The van der Waals surface area contributed by atoms with E-state index in [9.17, 15) is 9.59 Å². The standard InChI is InChI=1S/C24H19Cl2NO4S/c1-14-3-4-15(2)21(9-14)30-8-7-27-23(28)22(32-24(27)29)13-19-5-6-20(31-19)16-10-17(25)12-18(26)11-16/h3-6,9-13H,7-8H2,1-2H3/b22-13-. The third-order valence-electron chi connectivity index (χ3n) is 4.84. The average molecular weight is 488 g/mol. The first-order chi connectivity index (χ1) is 15.3. The van der Waals surface area contributed by atoms with E-state index in [2.05, 4.69) is 0 Å². The maximum absolute atomic E-state index is 12.7. The van der Waals surface area contributed by atoms with Gasteiger partial charge in [-0.3, -0.25) is 14.5 Å². The van der Waals surface area contributed by atoms with Gasteiger partial charge in [-0.2, -0.15) is 0 Å². The van der Waals surface area contributed by atoms with Gasteiger partial charge >= 0.3 is 0 Å². The number of carbonyl (C=O) groups excluding carboxylic acids is 2. The molecule has 32 heavy (non-hydrogen) atoms. The van der Waals surface area contributed by atoms with Gasteiger partial charge in [-0.25, -0.2) is 0 Å². The predicted molar refractivity (Wildman–Crippen MR) is 128 cm³/mol. The Bertz CT molecular complexity index is 1210. The van der Waals surface area contributed by atoms with Crippen molar-refractivity contribution in [1.82, 2.24) is 4.90 Å². The molecule has 1 fully saturated rings. The van der Waals surface area contributed by atoms with Crippen molar-refractivity contribution < 1.29 is 18.7 Å². The molecule has 0 bridgehead atoms. The molecular weight excluding hydrogens is 469 g/mol. The van der Waals surface area contributed by atoms with Crippen LogP contribution in [0.2, 0.25) is 10.0 Å². The number of hydrogen-bond acceptors (Lipinski definition) is 5. The van der Waals surface area contributed by atoms with Crippen molar-refractivity contribution in [3.05, 3.63) is 80.4 Å². The molecule has 0 aliphatic carbocycles. The Morgan fingerprint density at radius 2 is 1.78 bits per heavy atom. The van der Waals surface area contributed by atoms with Gasteiger partial charge in [0.15, 0.2) is 0 Å². The van der Waals surface area contributed by atoms with Gasteiger partial charge < -0.3 is 9.15 Å². The van der Waals surface area contributed by atoms with Crippen LogP contribution in [0.5, 0.6) is 5.75 Å². The molecule has 1 aromatic heterocycles. The van der Waals surface area contributed by atoms with Gasteiger partial charge in [0.05, 0.1) is 11.4 Å². The minimum Gasteiger partial charge on any atom is -0.491 e. The number of aryl methyl sites for hydroxylation is 2. The van der Waals surface area contributed by atoms with E-state index in [-0.39, 0.29) is 24.3 Å². The molecule has 0 N–H and O–H groups in total. The minimum absolute atomic E-state index is 0.166. The van der Waals surface area contributed by atoms with E-state index in [4.69, 9.17) is 32.4 Å². The quantitative estimate of drug-likeness (QED) is 0.350. The number of nitrogens with zero attached hydrogens (tertiary/aromatic N) is 1. The number of halogens is 2. The lowest BCUT2D eigenvalue weighted by molar-refractivity contribution is -0.123. The fraction of sp³-hybridized carbons (Fsp3) is 0.167. The monoisotopic (exact) mass is 487 g/mol. The Balaban J connectivity index is 1.43. The third kappa shape index (κ3) is 5.04. The molecule has 1 aliphatic rings. The SMILES string of the molecule is Cc1ccc(C)c(OCCN2C(=O)S/C(=C\c3ccc(-c4cc(Cl)cc(Cl)c4)o3)C2=O)c1. The molecule has 2 heterocycles. The van der Waals surface area contributed by atoms with E-state index in [1.54, 1.807) is 36.4 Å². The predicted octanol–water partition coefficient (Wildman–Crippen LogP) is 6.99. The van der Waals surface area contributed by atoms with Crippen LogP contribution in [0, 0.1) is 13.8 Å². The number of amides is 2. The summed E-state index contributed by atoms with van der Waals surface area (Å²) in [5.74, 6) is 1.39. The molecule has 2 aromatic carbocycles. The molecule has 2 amide bonds. The topological polar surface area (TPSA) is 59.8 Å². The molecule has 0 saturated carbocycles. The zero-order valence-electron chi connectivity index (χ0n) is 17.4. The number of thioether (sulfide) groups is 1. The first-order valence-electron chi connectivity index (χ1n) is 9.82. The number of imide groups is 1. The summed E-state index contributed by atoms with van der Waals surface area (Å²) in [6, 6.07) is 14.5. The fourth-order valence-electron chi connectivity index (χ4n) is 3.21. The highest BCUT2D eigenvalue weighted by molar-refractivity contribution is 8.18. The highest BCUT2D eigenvalue weighted by Gasteiger charge is 2.35. The van der Waals surface area contributed by atoms with E-state index in [0.29, 0.717) is 26.5 Å². The summed E-state index contributed by atoms with van der Waals surface area (Å²) >= 11 is 13.0. The number of benzene rings is 2. The molecule has 1 saturated heterocycles. The molecule has 3 aromatic rings. The molecule has 0 atom stereocenters. The Morgan fingerprint density at radius 3 is 2.53 bits per heavy atom. The van der Waals surface area contributed by atoms with Crippen LogP contribution in [0.4, 0.5) is 4.79 Å². The van der Waals surface area contributed by atoms with E-state index in [1.165, 1.54) is 4.90 Å². The third-order valence-corrected chi connectivity index (χ3v) is 6.18. The Labute approximate surface area is 199 Å². The molecular formula is C24H19Cl2NO4S. The summed E-state index contributed by atoms with van der Waals surface area (Å²) in [7, 11) is 0. The summed E-state index contributed by atoms with van der Waals surface area (Å²) in [6.07, 6.45) is 1.56. The highest BCUT2D eigenvalue weighted by atomic mass is 35.5. The van der Waals surface area contributed by atoms with Crippen molar-refractivity contribution in [1.29, 1.82) is 0 Å².